The van der Waals surface area contributed by atoms with E-state index in [1.807, 2.05) is 0 Å². The van der Waals surface area contributed by atoms with Crippen LogP contribution < -0.4 is 0 Å². The zero-order valence-corrected chi connectivity index (χ0v) is 10.4. The maximum Gasteiger partial charge on any atom is 0.0843 e. The Balaban J connectivity index is 2.16. The van der Waals surface area contributed by atoms with Gasteiger partial charge in [-0.25, -0.2) is 0 Å². The van der Waals surface area contributed by atoms with Crippen LogP contribution in [0.1, 0.15) is 56.3 Å². The molecule has 0 amide bonds. The summed E-state index contributed by atoms with van der Waals surface area (Å²) in [4.78, 5) is 0. The Bertz CT molecular complexity index is 333. The van der Waals surface area contributed by atoms with Gasteiger partial charge in [0.15, 0.2) is 0 Å². The van der Waals surface area contributed by atoms with Gasteiger partial charge in [-0.1, -0.05) is 56.0 Å². The van der Waals surface area contributed by atoms with Gasteiger partial charge in [-0.2, -0.15) is 0 Å². The Hall–Kier alpha value is -0.820. The highest BCUT2D eigenvalue weighted by molar-refractivity contribution is 5.24. The minimum absolute atomic E-state index is 0.0908. The van der Waals surface area contributed by atoms with Crippen LogP contribution in [0.2, 0.25) is 0 Å². The average Bonchev–Trinajstić information content (AvgIpc) is 2.30. The molecule has 1 fully saturated rings. The first-order valence-electron chi connectivity index (χ1n) is 6.36. The zero-order valence-electron chi connectivity index (χ0n) is 10.4. The number of hydrogen-bond donors (Lipinski definition) is 1. The van der Waals surface area contributed by atoms with Crippen LogP contribution in [0.15, 0.2) is 24.3 Å². The van der Waals surface area contributed by atoms with Crippen molar-refractivity contribution in [2.75, 3.05) is 0 Å². The topological polar surface area (TPSA) is 20.2 Å². The molecular weight excluding hydrogens is 196 g/mol. The summed E-state index contributed by atoms with van der Waals surface area (Å²) < 4.78 is 0. The predicted molar refractivity (Wildman–Crippen MR) is 67.3 cm³/mol. The quantitative estimate of drug-likeness (QED) is 0.795. The molecule has 88 valence electrons. The Labute approximate surface area is 98.5 Å². The van der Waals surface area contributed by atoms with Crippen LogP contribution >= 0.6 is 0 Å². The lowest BCUT2D eigenvalue weighted by atomic mass is 9.70. The predicted octanol–water partition coefficient (Wildman–Crippen LogP) is 4.00. The summed E-state index contributed by atoms with van der Waals surface area (Å²) in [5, 5.41) is 10.5. The molecule has 1 atom stereocenters. The van der Waals surface area contributed by atoms with Gasteiger partial charge in [0.25, 0.3) is 0 Å². The standard InChI is InChI=1S/C15H22O/c1-12-6-8-13(9-7-12)14(16)15(2)10-4-3-5-11-15/h6-9,14,16H,3-5,10-11H2,1-2H3. The van der Waals surface area contributed by atoms with Crippen molar-refractivity contribution in [3.63, 3.8) is 0 Å². The van der Waals surface area contributed by atoms with E-state index in [2.05, 4.69) is 38.1 Å². The van der Waals surface area contributed by atoms with Crippen molar-refractivity contribution < 1.29 is 5.11 Å². The number of aliphatic hydroxyl groups excluding tert-OH is 1. The van der Waals surface area contributed by atoms with E-state index in [0.717, 1.165) is 18.4 Å². The molecule has 1 aliphatic rings. The molecule has 0 radical (unpaired) electrons. The Morgan fingerprint density at radius 2 is 1.62 bits per heavy atom. The van der Waals surface area contributed by atoms with Crippen LogP contribution in [0, 0.1) is 12.3 Å². The summed E-state index contributed by atoms with van der Waals surface area (Å²) >= 11 is 0. The molecule has 0 bridgehead atoms. The molecule has 0 aliphatic heterocycles. The highest BCUT2D eigenvalue weighted by Gasteiger charge is 2.34. The number of rotatable bonds is 2. The monoisotopic (exact) mass is 218 g/mol. The fraction of sp³-hybridized carbons (Fsp3) is 0.600. The second-order valence-electron chi connectivity index (χ2n) is 5.53. The highest BCUT2D eigenvalue weighted by Crippen LogP contribution is 2.45. The summed E-state index contributed by atoms with van der Waals surface area (Å²) in [6, 6.07) is 8.31. The lowest BCUT2D eigenvalue weighted by Gasteiger charge is -2.38. The summed E-state index contributed by atoms with van der Waals surface area (Å²) in [7, 11) is 0. The highest BCUT2D eigenvalue weighted by atomic mass is 16.3. The number of aryl methyl sites for hydroxylation is 1. The van der Waals surface area contributed by atoms with Gasteiger partial charge < -0.3 is 5.11 Å². The van der Waals surface area contributed by atoms with E-state index < -0.39 is 0 Å². The summed E-state index contributed by atoms with van der Waals surface area (Å²) in [6.45, 7) is 4.31. The van der Waals surface area contributed by atoms with Crippen LogP contribution in [-0.4, -0.2) is 5.11 Å². The van der Waals surface area contributed by atoms with Crippen LogP contribution in [0.25, 0.3) is 0 Å². The van der Waals surface area contributed by atoms with E-state index in [1.165, 1.54) is 24.8 Å². The molecule has 1 nitrogen and oxygen atoms in total. The Kier molecular flexibility index (Phi) is 3.34. The van der Waals surface area contributed by atoms with E-state index in [0.29, 0.717) is 0 Å². The molecule has 1 heteroatoms. The third kappa shape index (κ3) is 2.30. The van der Waals surface area contributed by atoms with Crippen molar-refractivity contribution in [2.24, 2.45) is 5.41 Å². The molecule has 1 N–H and O–H groups in total. The lowest BCUT2D eigenvalue weighted by molar-refractivity contribution is 0.00818. The number of hydrogen-bond acceptors (Lipinski definition) is 1. The molecular formula is C15H22O. The second kappa shape index (κ2) is 4.58. The Morgan fingerprint density at radius 1 is 1.06 bits per heavy atom. The largest absolute Gasteiger partial charge is 0.388 e. The third-order valence-corrected chi connectivity index (χ3v) is 4.05. The van der Waals surface area contributed by atoms with Gasteiger partial charge >= 0.3 is 0 Å². The lowest BCUT2D eigenvalue weighted by Crippen LogP contribution is -2.28. The Morgan fingerprint density at radius 3 is 2.19 bits per heavy atom. The summed E-state index contributed by atoms with van der Waals surface area (Å²) in [6.07, 6.45) is 5.87. The van der Waals surface area contributed by atoms with Gasteiger partial charge in [-0.3, -0.25) is 0 Å². The minimum atomic E-state index is -0.298. The molecule has 1 unspecified atom stereocenters. The van der Waals surface area contributed by atoms with E-state index in [9.17, 15) is 5.11 Å². The number of benzene rings is 1. The van der Waals surface area contributed by atoms with E-state index in [4.69, 9.17) is 0 Å². The first-order chi connectivity index (χ1) is 7.62. The molecule has 0 heterocycles. The molecule has 1 aliphatic carbocycles. The first kappa shape index (κ1) is 11.7. The SMILES string of the molecule is Cc1ccc(C(O)C2(C)CCCCC2)cc1. The van der Waals surface area contributed by atoms with Crippen molar-refractivity contribution in [1.82, 2.24) is 0 Å². The van der Waals surface area contributed by atoms with Gasteiger partial charge in [-0.05, 0) is 30.7 Å². The van der Waals surface area contributed by atoms with Gasteiger partial charge in [0.1, 0.15) is 0 Å². The first-order valence-corrected chi connectivity index (χ1v) is 6.36. The van der Waals surface area contributed by atoms with Crippen molar-refractivity contribution in [3.8, 4) is 0 Å². The maximum absolute atomic E-state index is 10.5. The maximum atomic E-state index is 10.5. The third-order valence-electron chi connectivity index (χ3n) is 4.05. The number of aliphatic hydroxyl groups is 1. The van der Waals surface area contributed by atoms with Gasteiger partial charge in [0.05, 0.1) is 6.10 Å². The molecule has 16 heavy (non-hydrogen) atoms. The molecule has 0 spiro atoms. The fourth-order valence-corrected chi connectivity index (χ4v) is 2.78. The van der Waals surface area contributed by atoms with E-state index >= 15 is 0 Å². The molecule has 2 rings (SSSR count). The average molecular weight is 218 g/mol. The molecule has 1 aromatic rings. The fourth-order valence-electron chi connectivity index (χ4n) is 2.78. The molecule has 1 saturated carbocycles. The van der Waals surface area contributed by atoms with Gasteiger partial charge in [-0.15, -0.1) is 0 Å². The van der Waals surface area contributed by atoms with Gasteiger partial charge in [0, 0.05) is 0 Å². The van der Waals surface area contributed by atoms with Crippen LogP contribution in [0.3, 0.4) is 0 Å². The minimum Gasteiger partial charge on any atom is -0.388 e. The van der Waals surface area contributed by atoms with Crippen LogP contribution in [-0.2, 0) is 0 Å². The normalized spacial score (nSPS) is 21.7. The van der Waals surface area contributed by atoms with Crippen LogP contribution in [0.4, 0.5) is 0 Å². The second-order valence-corrected chi connectivity index (χ2v) is 5.53. The van der Waals surface area contributed by atoms with Gasteiger partial charge in [0.2, 0.25) is 0 Å². The van der Waals surface area contributed by atoms with Crippen molar-refractivity contribution >= 4 is 0 Å². The van der Waals surface area contributed by atoms with E-state index in [-0.39, 0.29) is 11.5 Å². The van der Waals surface area contributed by atoms with Crippen LogP contribution in [0.5, 0.6) is 0 Å². The molecule has 0 aromatic heterocycles. The van der Waals surface area contributed by atoms with Crippen molar-refractivity contribution in [1.29, 1.82) is 0 Å². The molecule has 0 saturated heterocycles. The van der Waals surface area contributed by atoms with Crippen molar-refractivity contribution in [2.45, 2.75) is 52.1 Å². The zero-order chi connectivity index (χ0) is 11.6. The molecule has 1 aromatic carbocycles. The smallest absolute Gasteiger partial charge is 0.0843 e. The summed E-state index contributed by atoms with van der Waals surface area (Å²) in [5.74, 6) is 0. The van der Waals surface area contributed by atoms with E-state index in [1.54, 1.807) is 0 Å². The summed E-state index contributed by atoms with van der Waals surface area (Å²) in [5.41, 5.74) is 2.42. The van der Waals surface area contributed by atoms with Crippen molar-refractivity contribution in [3.05, 3.63) is 35.4 Å².